The van der Waals surface area contributed by atoms with E-state index in [4.69, 9.17) is 12.2 Å². The molecule has 26 heavy (non-hydrogen) atoms. The zero-order valence-electron chi connectivity index (χ0n) is 14.5. The highest BCUT2D eigenvalue weighted by Gasteiger charge is 2.25. The van der Waals surface area contributed by atoms with Gasteiger partial charge >= 0.3 is 5.97 Å². The number of carbonyl (C=O) groups is 1. The maximum atomic E-state index is 11.3. The Bertz CT molecular complexity index is 740. The van der Waals surface area contributed by atoms with Crippen LogP contribution in [0.25, 0.3) is 0 Å². The number of thioether (sulfide) groups is 1. The first-order valence-electron chi connectivity index (χ1n) is 8.56. The highest BCUT2D eigenvalue weighted by molar-refractivity contribution is 8.22. The Morgan fingerprint density at radius 3 is 2.42 bits per heavy atom. The molecule has 2 aromatic rings. The van der Waals surface area contributed by atoms with Crippen molar-refractivity contribution >= 4 is 34.3 Å². The first-order valence-corrected chi connectivity index (χ1v) is 9.96. The van der Waals surface area contributed by atoms with Gasteiger partial charge in [0.25, 0.3) is 0 Å². The Labute approximate surface area is 163 Å². The SMILES string of the molecule is O=C(O)CC(CN1CSC(=S)N(Cc2ccccc2)C1)c1ccccc1. The Hall–Kier alpha value is -1.89. The van der Waals surface area contributed by atoms with Gasteiger partial charge in [0.15, 0.2) is 0 Å². The molecule has 1 saturated heterocycles. The van der Waals surface area contributed by atoms with Crippen LogP contribution in [0.2, 0.25) is 0 Å². The molecule has 2 aromatic carbocycles. The fourth-order valence-corrected chi connectivity index (χ4v) is 4.21. The summed E-state index contributed by atoms with van der Waals surface area (Å²) in [4.78, 5) is 15.8. The number of carboxylic acid groups (broad SMARTS) is 1. The average molecular weight is 387 g/mol. The lowest BCUT2D eigenvalue weighted by Crippen LogP contribution is -2.45. The lowest BCUT2D eigenvalue weighted by Gasteiger charge is -2.38. The van der Waals surface area contributed by atoms with Gasteiger partial charge in [-0.3, -0.25) is 9.69 Å². The minimum atomic E-state index is -0.764. The van der Waals surface area contributed by atoms with E-state index in [1.807, 2.05) is 48.5 Å². The quantitative estimate of drug-likeness (QED) is 0.726. The number of carboxylic acids is 1. The van der Waals surface area contributed by atoms with Crippen LogP contribution in [0, 0.1) is 0 Å². The number of nitrogens with zero attached hydrogens (tertiary/aromatic N) is 2. The van der Waals surface area contributed by atoms with Crippen molar-refractivity contribution in [2.45, 2.75) is 18.9 Å². The van der Waals surface area contributed by atoms with Crippen molar-refractivity contribution in [2.24, 2.45) is 0 Å². The summed E-state index contributed by atoms with van der Waals surface area (Å²) >= 11 is 7.17. The molecule has 1 unspecified atom stereocenters. The first-order chi connectivity index (χ1) is 12.6. The van der Waals surface area contributed by atoms with Gasteiger partial charge in [0.1, 0.15) is 4.32 Å². The van der Waals surface area contributed by atoms with Crippen LogP contribution in [0.4, 0.5) is 0 Å². The van der Waals surface area contributed by atoms with E-state index in [2.05, 4.69) is 21.9 Å². The Morgan fingerprint density at radius 2 is 1.77 bits per heavy atom. The van der Waals surface area contributed by atoms with Crippen LogP contribution in [0.3, 0.4) is 0 Å². The summed E-state index contributed by atoms with van der Waals surface area (Å²) in [6, 6.07) is 20.2. The lowest BCUT2D eigenvalue weighted by atomic mass is 9.95. The summed E-state index contributed by atoms with van der Waals surface area (Å²) in [5.74, 6) is 0.00676. The van der Waals surface area contributed by atoms with Gasteiger partial charge in [-0.25, -0.2) is 0 Å². The zero-order chi connectivity index (χ0) is 18.4. The summed E-state index contributed by atoms with van der Waals surface area (Å²) in [7, 11) is 0. The molecule has 136 valence electrons. The van der Waals surface area contributed by atoms with Crippen LogP contribution in [0.15, 0.2) is 60.7 Å². The van der Waals surface area contributed by atoms with Gasteiger partial charge < -0.3 is 10.0 Å². The van der Waals surface area contributed by atoms with Gasteiger partial charge in [-0.2, -0.15) is 0 Å². The summed E-state index contributed by atoms with van der Waals surface area (Å²) in [6.45, 7) is 2.21. The molecule has 0 bridgehead atoms. The smallest absolute Gasteiger partial charge is 0.304 e. The van der Waals surface area contributed by atoms with E-state index in [9.17, 15) is 9.90 Å². The van der Waals surface area contributed by atoms with E-state index >= 15 is 0 Å². The van der Waals surface area contributed by atoms with Crippen LogP contribution < -0.4 is 0 Å². The average Bonchev–Trinajstić information content (AvgIpc) is 2.65. The largest absolute Gasteiger partial charge is 0.481 e. The van der Waals surface area contributed by atoms with Gasteiger partial charge in [0.2, 0.25) is 0 Å². The molecule has 3 rings (SSSR count). The van der Waals surface area contributed by atoms with Crippen LogP contribution in [0.5, 0.6) is 0 Å². The number of hydrogen-bond donors (Lipinski definition) is 1. The summed E-state index contributed by atoms with van der Waals surface area (Å²) < 4.78 is 0.902. The molecule has 0 amide bonds. The van der Waals surface area contributed by atoms with E-state index < -0.39 is 5.97 Å². The lowest BCUT2D eigenvalue weighted by molar-refractivity contribution is -0.137. The van der Waals surface area contributed by atoms with Gasteiger partial charge in [0, 0.05) is 19.0 Å². The molecule has 1 fully saturated rings. The summed E-state index contributed by atoms with van der Waals surface area (Å²) in [6.07, 6.45) is 0.133. The minimum Gasteiger partial charge on any atom is -0.481 e. The van der Waals surface area contributed by atoms with Gasteiger partial charge in [-0.15, -0.1) is 0 Å². The molecule has 0 aliphatic carbocycles. The van der Waals surface area contributed by atoms with E-state index in [-0.39, 0.29) is 12.3 Å². The molecule has 1 atom stereocenters. The van der Waals surface area contributed by atoms with Crippen LogP contribution in [-0.2, 0) is 11.3 Å². The molecule has 0 radical (unpaired) electrons. The van der Waals surface area contributed by atoms with Crippen molar-refractivity contribution in [1.82, 2.24) is 9.80 Å². The molecule has 0 spiro atoms. The Balaban J connectivity index is 1.67. The molecule has 1 aliphatic rings. The van der Waals surface area contributed by atoms with Gasteiger partial charge in [0.05, 0.1) is 19.0 Å². The van der Waals surface area contributed by atoms with Crippen molar-refractivity contribution in [2.75, 3.05) is 19.1 Å². The maximum Gasteiger partial charge on any atom is 0.304 e. The highest BCUT2D eigenvalue weighted by atomic mass is 32.2. The predicted octanol–water partition coefficient (Wildman–Crippen LogP) is 4.00. The van der Waals surface area contributed by atoms with E-state index in [0.29, 0.717) is 6.54 Å². The second-order valence-electron chi connectivity index (χ2n) is 6.42. The molecule has 0 saturated carbocycles. The van der Waals surface area contributed by atoms with Crippen molar-refractivity contribution in [3.8, 4) is 0 Å². The van der Waals surface area contributed by atoms with Crippen LogP contribution >= 0.6 is 24.0 Å². The van der Waals surface area contributed by atoms with E-state index in [1.165, 1.54) is 5.56 Å². The number of benzene rings is 2. The number of rotatable bonds is 7. The molecule has 1 heterocycles. The van der Waals surface area contributed by atoms with Crippen molar-refractivity contribution in [3.05, 3.63) is 71.8 Å². The predicted molar refractivity (Wildman–Crippen MR) is 110 cm³/mol. The first kappa shape index (κ1) is 18.9. The highest BCUT2D eigenvalue weighted by Crippen LogP contribution is 2.26. The number of aliphatic carboxylic acids is 1. The molecule has 1 N–H and O–H groups in total. The van der Waals surface area contributed by atoms with E-state index in [0.717, 1.165) is 29.0 Å². The Morgan fingerprint density at radius 1 is 1.12 bits per heavy atom. The molecular formula is C20H22N2O2S2. The molecular weight excluding hydrogens is 364 g/mol. The third kappa shape index (κ3) is 5.30. The second-order valence-corrected chi connectivity index (χ2v) is 8.00. The summed E-state index contributed by atoms with van der Waals surface area (Å²) in [5.41, 5.74) is 2.30. The van der Waals surface area contributed by atoms with Gasteiger partial charge in [-0.05, 0) is 11.1 Å². The fraction of sp³-hybridized carbons (Fsp3) is 0.300. The third-order valence-electron chi connectivity index (χ3n) is 4.39. The number of thiocarbonyl (C=S) groups is 1. The molecule has 0 aromatic heterocycles. The summed E-state index contributed by atoms with van der Waals surface area (Å²) in [5, 5.41) is 9.31. The number of hydrogen-bond acceptors (Lipinski definition) is 4. The van der Waals surface area contributed by atoms with Gasteiger partial charge in [-0.1, -0.05) is 84.6 Å². The molecule has 6 heteroatoms. The minimum absolute atomic E-state index is 0.0282. The van der Waals surface area contributed by atoms with Crippen LogP contribution in [0.1, 0.15) is 23.5 Å². The van der Waals surface area contributed by atoms with Crippen LogP contribution in [-0.4, -0.2) is 44.3 Å². The third-order valence-corrected chi connectivity index (χ3v) is 6.00. The molecule has 4 nitrogen and oxygen atoms in total. The molecule has 1 aliphatic heterocycles. The van der Waals surface area contributed by atoms with E-state index in [1.54, 1.807) is 11.8 Å². The monoisotopic (exact) mass is 386 g/mol. The van der Waals surface area contributed by atoms with Crippen molar-refractivity contribution < 1.29 is 9.90 Å². The van der Waals surface area contributed by atoms with Crippen molar-refractivity contribution in [3.63, 3.8) is 0 Å². The fourth-order valence-electron chi connectivity index (χ4n) is 3.14. The topological polar surface area (TPSA) is 43.8 Å². The second kappa shape index (κ2) is 9.16. The maximum absolute atomic E-state index is 11.3. The normalized spacial score (nSPS) is 16.5. The Kier molecular flexibility index (Phi) is 6.66. The van der Waals surface area contributed by atoms with Crippen molar-refractivity contribution in [1.29, 1.82) is 0 Å². The standard InChI is InChI=1S/C20H22N2O2S2/c23-19(24)11-18(17-9-5-2-6-10-17)13-21-14-22(20(25)26-15-21)12-16-7-3-1-4-8-16/h1-10,18H,11-15H2,(H,23,24). The zero-order valence-corrected chi connectivity index (χ0v) is 16.1.